The van der Waals surface area contributed by atoms with Crippen LogP contribution in [-0.2, 0) is 4.79 Å². The Kier molecular flexibility index (Phi) is 5.16. The molecule has 132 valence electrons. The van der Waals surface area contributed by atoms with Gasteiger partial charge in [-0.05, 0) is 51.0 Å². The van der Waals surface area contributed by atoms with Crippen molar-refractivity contribution in [2.75, 3.05) is 19.6 Å². The van der Waals surface area contributed by atoms with E-state index in [0.717, 1.165) is 12.8 Å². The van der Waals surface area contributed by atoms with Crippen LogP contribution in [0.25, 0.3) is 11.5 Å². The van der Waals surface area contributed by atoms with Crippen LogP contribution in [0.3, 0.4) is 0 Å². The zero-order valence-corrected chi connectivity index (χ0v) is 14.6. The van der Waals surface area contributed by atoms with Gasteiger partial charge in [0.2, 0.25) is 5.91 Å². The molecule has 0 bridgehead atoms. The molecule has 3 heterocycles. The van der Waals surface area contributed by atoms with Crippen LogP contribution in [0.2, 0.25) is 0 Å². The number of rotatable bonds is 4. The maximum Gasteiger partial charge on any atom is 0.255 e. The van der Waals surface area contributed by atoms with Gasteiger partial charge in [0.1, 0.15) is 5.69 Å². The molecule has 3 rings (SSSR count). The maximum absolute atomic E-state index is 12.9. The van der Waals surface area contributed by atoms with E-state index in [1.54, 1.807) is 29.4 Å². The number of nitrogens with zero attached hydrogens (tertiary/aromatic N) is 2. The smallest absolute Gasteiger partial charge is 0.255 e. The highest BCUT2D eigenvalue weighted by molar-refractivity contribution is 5.96. The van der Waals surface area contributed by atoms with Gasteiger partial charge in [-0.2, -0.15) is 0 Å². The summed E-state index contributed by atoms with van der Waals surface area (Å²) >= 11 is 0. The third-order valence-electron chi connectivity index (χ3n) is 4.52. The second kappa shape index (κ2) is 7.51. The summed E-state index contributed by atoms with van der Waals surface area (Å²) in [6.07, 6.45) is 3.26. The second-order valence-electron chi connectivity index (χ2n) is 6.29. The minimum atomic E-state index is -0.131. The Balaban J connectivity index is 1.75. The van der Waals surface area contributed by atoms with E-state index in [-0.39, 0.29) is 17.7 Å². The van der Waals surface area contributed by atoms with Gasteiger partial charge >= 0.3 is 0 Å². The number of nitrogens with one attached hydrogen (secondary N) is 1. The van der Waals surface area contributed by atoms with Gasteiger partial charge in [-0.1, -0.05) is 0 Å². The van der Waals surface area contributed by atoms with Gasteiger partial charge in [0.15, 0.2) is 5.76 Å². The Hall–Kier alpha value is -2.63. The summed E-state index contributed by atoms with van der Waals surface area (Å²) < 4.78 is 5.35. The first-order chi connectivity index (χ1) is 12.1. The van der Waals surface area contributed by atoms with E-state index in [1.807, 2.05) is 19.9 Å². The number of hydrogen-bond acceptors (Lipinski definition) is 4. The van der Waals surface area contributed by atoms with Crippen molar-refractivity contribution in [3.8, 4) is 11.5 Å². The van der Waals surface area contributed by atoms with Crippen molar-refractivity contribution in [1.29, 1.82) is 0 Å². The Morgan fingerprint density at radius 3 is 2.88 bits per heavy atom. The molecule has 2 aromatic heterocycles. The van der Waals surface area contributed by atoms with Gasteiger partial charge in [-0.15, -0.1) is 0 Å². The van der Waals surface area contributed by atoms with E-state index >= 15 is 0 Å². The molecule has 0 aromatic carbocycles. The van der Waals surface area contributed by atoms with Crippen LogP contribution in [0.1, 0.15) is 35.8 Å². The van der Waals surface area contributed by atoms with E-state index in [2.05, 4.69) is 10.3 Å². The normalized spacial score (nSPS) is 17.4. The van der Waals surface area contributed by atoms with Crippen molar-refractivity contribution in [1.82, 2.24) is 15.2 Å². The highest BCUT2D eigenvalue weighted by Gasteiger charge is 2.29. The fourth-order valence-electron chi connectivity index (χ4n) is 3.21. The highest BCUT2D eigenvalue weighted by Crippen LogP contribution is 2.22. The molecule has 1 N–H and O–H groups in total. The lowest BCUT2D eigenvalue weighted by atomic mass is 9.96. The first kappa shape index (κ1) is 17.2. The van der Waals surface area contributed by atoms with Gasteiger partial charge in [0.25, 0.3) is 5.91 Å². The van der Waals surface area contributed by atoms with Crippen molar-refractivity contribution in [2.45, 2.75) is 26.7 Å². The zero-order valence-electron chi connectivity index (χ0n) is 14.6. The van der Waals surface area contributed by atoms with Gasteiger partial charge in [0.05, 0.1) is 23.4 Å². The summed E-state index contributed by atoms with van der Waals surface area (Å²) in [6.45, 7) is 5.48. The van der Waals surface area contributed by atoms with Crippen molar-refractivity contribution < 1.29 is 14.0 Å². The first-order valence-corrected chi connectivity index (χ1v) is 8.68. The molecule has 25 heavy (non-hydrogen) atoms. The standard InChI is InChI=1S/C19H23N3O3/c1-3-20-18(23)14-6-4-10-22(12-14)19(24)15-8-9-16(21-13(15)2)17-7-5-11-25-17/h5,7-9,11,14H,3-4,6,10,12H2,1-2H3,(H,20,23)/t14-/m0/s1. The predicted molar refractivity (Wildman–Crippen MR) is 94.0 cm³/mol. The van der Waals surface area contributed by atoms with Crippen molar-refractivity contribution >= 4 is 11.8 Å². The van der Waals surface area contributed by atoms with Crippen molar-refractivity contribution in [3.63, 3.8) is 0 Å². The molecule has 1 aliphatic rings. The van der Waals surface area contributed by atoms with Crippen LogP contribution in [0.15, 0.2) is 34.9 Å². The lowest BCUT2D eigenvalue weighted by molar-refractivity contribution is -0.126. The van der Waals surface area contributed by atoms with E-state index in [4.69, 9.17) is 4.42 Å². The summed E-state index contributed by atoms with van der Waals surface area (Å²) in [5, 5.41) is 2.85. The SMILES string of the molecule is CCNC(=O)[C@H]1CCCN(C(=O)c2ccc(-c3ccco3)nc2C)C1. The monoisotopic (exact) mass is 341 g/mol. The Bertz CT molecular complexity index is 755. The summed E-state index contributed by atoms with van der Waals surface area (Å²) in [5.41, 5.74) is 1.95. The van der Waals surface area contributed by atoms with Crippen LogP contribution in [0.4, 0.5) is 0 Å². The van der Waals surface area contributed by atoms with Crippen LogP contribution >= 0.6 is 0 Å². The van der Waals surface area contributed by atoms with Gasteiger partial charge in [0, 0.05) is 19.6 Å². The molecule has 1 saturated heterocycles. The molecule has 2 aromatic rings. The predicted octanol–water partition coefficient (Wildman–Crippen LogP) is 2.64. The van der Waals surface area contributed by atoms with Gasteiger partial charge in [-0.25, -0.2) is 4.98 Å². The Morgan fingerprint density at radius 1 is 1.36 bits per heavy atom. The van der Waals surface area contributed by atoms with E-state index in [1.165, 1.54) is 0 Å². The average Bonchev–Trinajstić information content (AvgIpc) is 3.16. The molecule has 1 aliphatic heterocycles. The molecular formula is C19H23N3O3. The van der Waals surface area contributed by atoms with Crippen LogP contribution in [0.5, 0.6) is 0 Å². The molecule has 6 heteroatoms. The number of piperidine rings is 1. The number of carbonyl (C=O) groups excluding carboxylic acids is 2. The minimum Gasteiger partial charge on any atom is -0.463 e. The first-order valence-electron chi connectivity index (χ1n) is 8.68. The molecule has 6 nitrogen and oxygen atoms in total. The molecule has 0 spiro atoms. The molecule has 0 saturated carbocycles. The summed E-state index contributed by atoms with van der Waals surface area (Å²) in [6, 6.07) is 7.23. The van der Waals surface area contributed by atoms with Gasteiger partial charge in [-0.3, -0.25) is 9.59 Å². The molecule has 1 atom stereocenters. The topological polar surface area (TPSA) is 75.4 Å². The minimum absolute atomic E-state index is 0.0306. The molecule has 0 aliphatic carbocycles. The number of aromatic nitrogens is 1. The molecule has 2 amide bonds. The zero-order chi connectivity index (χ0) is 17.8. The Labute approximate surface area is 147 Å². The Morgan fingerprint density at radius 2 is 2.20 bits per heavy atom. The fourth-order valence-corrected chi connectivity index (χ4v) is 3.21. The summed E-state index contributed by atoms with van der Waals surface area (Å²) in [7, 11) is 0. The highest BCUT2D eigenvalue weighted by atomic mass is 16.3. The third kappa shape index (κ3) is 3.73. The largest absolute Gasteiger partial charge is 0.463 e. The van der Waals surface area contributed by atoms with Crippen molar-refractivity contribution in [2.24, 2.45) is 5.92 Å². The van der Waals surface area contributed by atoms with Crippen LogP contribution < -0.4 is 5.32 Å². The average molecular weight is 341 g/mol. The third-order valence-corrected chi connectivity index (χ3v) is 4.52. The molecule has 0 radical (unpaired) electrons. The van der Waals surface area contributed by atoms with E-state index in [0.29, 0.717) is 42.3 Å². The summed E-state index contributed by atoms with van der Waals surface area (Å²) in [4.78, 5) is 31.2. The quantitative estimate of drug-likeness (QED) is 0.927. The van der Waals surface area contributed by atoms with E-state index in [9.17, 15) is 9.59 Å². The van der Waals surface area contributed by atoms with Crippen LogP contribution in [0, 0.1) is 12.8 Å². The summed E-state index contributed by atoms with van der Waals surface area (Å²) in [5.74, 6) is 0.512. The molecule has 0 unspecified atom stereocenters. The van der Waals surface area contributed by atoms with Crippen molar-refractivity contribution in [3.05, 3.63) is 41.8 Å². The lowest BCUT2D eigenvalue weighted by Gasteiger charge is -2.32. The second-order valence-corrected chi connectivity index (χ2v) is 6.29. The van der Waals surface area contributed by atoms with Gasteiger partial charge < -0.3 is 14.6 Å². The number of pyridine rings is 1. The number of furan rings is 1. The number of aryl methyl sites for hydroxylation is 1. The molecular weight excluding hydrogens is 318 g/mol. The lowest BCUT2D eigenvalue weighted by Crippen LogP contribution is -2.45. The maximum atomic E-state index is 12.9. The number of likely N-dealkylation sites (tertiary alicyclic amines) is 1. The number of hydrogen-bond donors (Lipinski definition) is 1. The van der Waals surface area contributed by atoms with Crippen LogP contribution in [-0.4, -0.2) is 41.3 Å². The number of amides is 2. The fraction of sp³-hybridized carbons (Fsp3) is 0.421. The van der Waals surface area contributed by atoms with E-state index < -0.39 is 0 Å². The molecule has 1 fully saturated rings. The number of carbonyl (C=O) groups is 2.